The largest absolute Gasteiger partial charge is 0.383 e. The average molecular weight is 234 g/mol. The molecule has 0 bridgehead atoms. The summed E-state index contributed by atoms with van der Waals surface area (Å²) >= 11 is 0. The third-order valence-corrected chi connectivity index (χ3v) is 2.74. The minimum Gasteiger partial charge on any atom is -0.383 e. The maximum absolute atomic E-state index is 13.3. The van der Waals surface area contributed by atoms with Crippen molar-refractivity contribution in [2.24, 2.45) is 0 Å². The SMILES string of the molecule is CCCCCC(C)Nc1ccc(C#N)c(F)c1. The second kappa shape index (κ2) is 6.90. The van der Waals surface area contributed by atoms with E-state index in [1.54, 1.807) is 6.07 Å². The standard InChI is InChI=1S/C14H19FN2/c1-3-4-5-6-11(2)17-13-8-7-12(10-16)14(15)9-13/h7-9,11,17H,3-6H2,1-2H3. The second-order valence-corrected chi connectivity index (χ2v) is 4.35. The molecule has 0 aliphatic rings. The maximum Gasteiger partial charge on any atom is 0.143 e. The van der Waals surface area contributed by atoms with Crippen LogP contribution in [0.15, 0.2) is 18.2 Å². The molecule has 0 amide bonds. The minimum atomic E-state index is -0.460. The Morgan fingerprint density at radius 2 is 2.18 bits per heavy atom. The fraction of sp³-hybridized carbons (Fsp3) is 0.500. The Bertz CT molecular complexity index is 396. The summed E-state index contributed by atoms with van der Waals surface area (Å²) in [7, 11) is 0. The van der Waals surface area contributed by atoms with Crippen molar-refractivity contribution in [1.82, 2.24) is 0 Å². The van der Waals surface area contributed by atoms with Crippen LogP contribution in [-0.2, 0) is 0 Å². The van der Waals surface area contributed by atoms with Gasteiger partial charge in [0, 0.05) is 11.7 Å². The van der Waals surface area contributed by atoms with E-state index in [-0.39, 0.29) is 5.56 Å². The highest BCUT2D eigenvalue weighted by Gasteiger charge is 2.05. The molecule has 0 aromatic heterocycles. The first-order valence-electron chi connectivity index (χ1n) is 6.13. The number of halogens is 1. The molecule has 0 saturated carbocycles. The molecule has 1 unspecified atom stereocenters. The van der Waals surface area contributed by atoms with Crippen LogP contribution in [0.5, 0.6) is 0 Å². The van der Waals surface area contributed by atoms with Gasteiger partial charge in [0.2, 0.25) is 0 Å². The van der Waals surface area contributed by atoms with E-state index < -0.39 is 5.82 Å². The summed E-state index contributed by atoms with van der Waals surface area (Å²) in [4.78, 5) is 0. The van der Waals surface area contributed by atoms with Crippen molar-refractivity contribution < 1.29 is 4.39 Å². The zero-order valence-electron chi connectivity index (χ0n) is 10.5. The van der Waals surface area contributed by atoms with E-state index in [1.165, 1.54) is 31.4 Å². The van der Waals surface area contributed by atoms with Gasteiger partial charge in [0.1, 0.15) is 11.9 Å². The molecule has 2 nitrogen and oxygen atoms in total. The maximum atomic E-state index is 13.3. The Morgan fingerprint density at radius 3 is 2.76 bits per heavy atom. The van der Waals surface area contributed by atoms with Crippen molar-refractivity contribution in [2.45, 2.75) is 45.6 Å². The van der Waals surface area contributed by atoms with Crippen LogP contribution < -0.4 is 5.32 Å². The van der Waals surface area contributed by atoms with Crippen LogP contribution in [0.4, 0.5) is 10.1 Å². The summed E-state index contributed by atoms with van der Waals surface area (Å²) in [5, 5.41) is 11.9. The third kappa shape index (κ3) is 4.44. The van der Waals surface area contributed by atoms with Gasteiger partial charge in [-0.05, 0) is 31.5 Å². The molecule has 0 aliphatic carbocycles. The van der Waals surface area contributed by atoms with Crippen molar-refractivity contribution >= 4 is 5.69 Å². The third-order valence-electron chi connectivity index (χ3n) is 2.74. The Hall–Kier alpha value is -1.56. The lowest BCUT2D eigenvalue weighted by Gasteiger charge is -2.15. The van der Waals surface area contributed by atoms with Crippen molar-refractivity contribution in [3.8, 4) is 6.07 Å². The normalized spacial score (nSPS) is 11.9. The van der Waals surface area contributed by atoms with Crippen LogP contribution in [0.1, 0.15) is 45.1 Å². The highest BCUT2D eigenvalue weighted by molar-refractivity contribution is 5.48. The van der Waals surface area contributed by atoms with Gasteiger partial charge in [-0.1, -0.05) is 26.2 Å². The van der Waals surface area contributed by atoms with Gasteiger partial charge in [-0.3, -0.25) is 0 Å². The van der Waals surface area contributed by atoms with Crippen LogP contribution in [0.25, 0.3) is 0 Å². The molecule has 1 N–H and O–H groups in total. The predicted molar refractivity (Wildman–Crippen MR) is 68.3 cm³/mol. The first-order valence-corrected chi connectivity index (χ1v) is 6.13. The smallest absolute Gasteiger partial charge is 0.143 e. The van der Waals surface area contributed by atoms with Crippen molar-refractivity contribution in [3.05, 3.63) is 29.6 Å². The minimum absolute atomic E-state index is 0.0918. The number of nitrogens with one attached hydrogen (secondary N) is 1. The van der Waals surface area contributed by atoms with Crippen LogP contribution >= 0.6 is 0 Å². The fourth-order valence-corrected chi connectivity index (χ4v) is 1.75. The first kappa shape index (κ1) is 13.5. The van der Waals surface area contributed by atoms with Gasteiger partial charge >= 0.3 is 0 Å². The van der Waals surface area contributed by atoms with E-state index in [2.05, 4.69) is 19.2 Å². The summed E-state index contributed by atoms with van der Waals surface area (Å²) in [6, 6.07) is 6.78. The fourth-order valence-electron chi connectivity index (χ4n) is 1.75. The Labute approximate surface area is 102 Å². The Kier molecular flexibility index (Phi) is 5.48. The van der Waals surface area contributed by atoms with Crippen molar-refractivity contribution in [2.75, 3.05) is 5.32 Å². The van der Waals surface area contributed by atoms with Crippen molar-refractivity contribution in [3.63, 3.8) is 0 Å². The number of anilines is 1. The monoisotopic (exact) mass is 234 g/mol. The summed E-state index contributed by atoms with van der Waals surface area (Å²) in [5.74, 6) is -0.460. The molecule has 0 fully saturated rings. The molecule has 0 radical (unpaired) electrons. The number of nitriles is 1. The van der Waals surface area contributed by atoms with E-state index >= 15 is 0 Å². The number of benzene rings is 1. The van der Waals surface area contributed by atoms with E-state index in [0.29, 0.717) is 6.04 Å². The number of rotatable bonds is 6. The van der Waals surface area contributed by atoms with Crippen LogP contribution in [0.2, 0.25) is 0 Å². The molecule has 0 spiro atoms. The summed E-state index contributed by atoms with van der Waals surface area (Å²) in [6.07, 6.45) is 4.70. The molecule has 1 aromatic rings. The zero-order chi connectivity index (χ0) is 12.7. The lowest BCUT2D eigenvalue weighted by molar-refractivity contribution is 0.610. The number of hydrogen-bond acceptors (Lipinski definition) is 2. The predicted octanol–water partition coefficient (Wildman–Crippen LogP) is 4.08. The quantitative estimate of drug-likeness (QED) is 0.753. The van der Waals surface area contributed by atoms with Crippen LogP contribution in [-0.4, -0.2) is 6.04 Å². The molecule has 17 heavy (non-hydrogen) atoms. The molecule has 0 heterocycles. The van der Waals surface area contributed by atoms with Gasteiger partial charge in [0.25, 0.3) is 0 Å². The lowest BCUT2D eigenvalue weighted by atomic mass is 10.1. The molecule has 0 aliphatic heterocycles. The molecule has 92 valence electrons. The molecular weight excluding hydrogens is 215 g/mol. The molecule has 3 heteroatoms. The highest BCUT2D eigenvalue weighted by atomic mass is 19.1. The van der Waals surface area contributed by atoms with E-state index in [1.807, 2.05) is 6.07 Å². The molecule has 1 aromatic carbocycles. The number of nitrogens with zero attached hydrogens (tertiary/aromatic N) is 1. The average Bonchev–Trinajstić information content (AvgIpc) is 2.29. The van der Waals surface area contributed by atoms with Crippen molar-refractivity contribution in [1.29, 1.82) is 5.26 Å². The summed E-state index contributed by atoms with van der Waals surface area (Å²) < 4.78 is 13.3. The zero-order valence-corrected chi connectivity index (χ0v) is 10.5. The van der Waals surface area contributed by atoms with Gasteiger partial charge in [0.15, 0.2) is 0 Å². The molecular formula is C14H19FN2. The van der Waals surface area contributed by atoms with E-state index in [0.717, 1.165) is 12.1 Å². The molecule has 1 atom stereocenters. The van der Waals surface area contributed by atoms with Crippen LogP contribution in [0, 0.1) is 17.1 Å². The summed E-state index contributed by atoms with van der Waals surface area (Å²) in [6.45, 7) is 4.26. The first-order chi connectivity index (χ1) is 8.17. The van der Waals surface area contributed by atoms with Gasteiger partial charge in [-0.15, -0.1) is 0 Å². The van der Waals surface area contributed by atoms with Gasteiger partial charge in [-0.25, -0.2) is 4.39 Å². The highest BCUT2D eigenvalue weighted by Crippen LogP contribution is 2.16. The van der Waals surface area contributed by atoms with E-state index in [9.17, 15) is 4.39 Å². The number of unbranched alkanes of at least 4 members (excludes halogenated alkanes) is 2. The van der Waals surface area contributed by atoms with Gasteiger partial charge in [-0.2, -0.15) is 5.26 Å². The van der Waals surface area contributed by atoms with E-state index in [4.69, 9.17) is 5.26 Å². The van der Waals surface area contributed by atoms with Crippen LogP contribution in [0.3, 0.4) is 0 Å². The molecule has 1 rings (SSSR count). The van der Waals surface area contributed by atoms with Gasteiger partial charge in [0.05, 0.1) is 5.56 Å². The number of hydrogen-bond donors (Lipinski definition) is 1. The Balaban J connectivity index is 2.51. The summed E-state index contributed by atoms with van der Waals surface area (Å²) in [5.41, 5.74) is 0.833. The second-order valence-electron chi connectivity index (χ2n) is 4.35. The Morgan fingerprint density at radius 1 is 1.41 bits per heavy atom. The van der Waals surface area contributed by atoms with Gasteiger partial charge < -0.3 is 5.32 Å². The lowest BCUT2D eigenvalue weighted by Crippen LogP contribution is -2.15. The topological polar surface area (TPSA) is 35.8 Å². The molecule has 0 saturated heterocycles.